The van der Waals surface area contributed by atoms with Crippen LogP contribution in [0.1, 0.15) is 12.0 Å². The Kier molecular flexibility index (Phi) is 4.96. The van der Waals surface area contributed by atoms with Gasteiger partial charge in [0, 0.05) is 51.1 Å². The molecule has 0 spiro atoms. The van der Waals surface area contributed by atoms with Gasteiger partial charge in [0.2, 0.25) is 11.8 Å². The molecule has 0 bridgehead atoms. The molecule has 2 amide bonds. The fraction of sp³-hybridized carbons (Fsp3) is 0.348. The van der Waals surface area contributed by atoms with Gasteiger partial charge in [-0.1, -0.05) is 42.5 Å². The van der Waals surface area contributed by atoms with E-state index in [4.69, 9.17) is 0 Å². The number of aromatic nitrogens is 2. The van der Waals surface area contributed by atoms with E-state index >= 15 is 0 Å². The van der Waals surface area contributed by atoms with E-state index in [0.29, 0.717) is 25.5 Å². The number of nitrogens with one attached hydrogen (secondary N) is 1. The lowest BCUT2D eigenvalue weighted by atomic mass is 10.1. The van der Waals surface area contributed by atoms with Crippen LogP contribution in [0.3, 0.4) is 0 Å². The first kappa shape index (κ1) is 18.8. The lowest BCUT2D eigenvalue weighted by Crippen LogP contribution is -2.50. The van der Waals surface area contributed by atoms with Crippen molar-refractivity contribution in [2.75, 3.05) is 37.6 Å². The summed E-state index contributed by atoms with van der Waals surface area (Å²) in [5.74, 6) is 0.380. The van der Waals surface area contributed by atoms with Crippen molar-refractivity contribution in [3.63, 3.8) is 0 Å². The Morgan fingerprint density at radius 1 is 1.00 bits per heavy atom. The van der Waals surface area contributed by atoms with E-state index in [1.165, 1.54) is 5.56 Å². The topological polar surface area (TPSA) is 72.5 Å². The van der Waals surface area contributed by atoms with E-state index < -0.39 is 0 Å². The van der Waals surface area contributed by atoms with Crippen molar-refractivity contribution in [2.45, 2.75) is 13.0 Å². The highest BCUT2D eigenvalue weighted by atomic mass is 16.2. The molecule has 1 unspecified atom stereocenters. The van der Waals surface area contributed by atoms with Crippen LogP contribution in [0.25, 0.3) is 10.9 Å². The molecule has 1 aromatic heterocycles. The maximum absolute atomic E-state index is 13.1. The maximum Gasteiger partial charge on any atom is 0.229 e. The molecule has 5 rings (SSSR count). The van der Waals surface area contributed by atoms with Gasteiger partial charge in [0.1, 0.15) is 0 Å². The van der Waals surface area contributed by atoms with Gasteiger partial charge in [-0.05, 0) is 17.7 Å². The number of hydrogen-bond donors (Lipinski definition) is 1. The predicted molar refractivity (Wildman–Crippen MR) is 115 cm³/mol. The average Bonchev–Trinajstić information content (AvgIpc) is 3.38. The molecule has 154 valence electrons. The van der Waals surface area contributed by atoms with Crippen LogP contribution in [0.4, 0.5) is 5.82 Å². The highest BCUT2D eigenvalue weighted by molar-refractivity contribution is 6.05. The lowest BCUT2D eigenvalue weighted by molar-refractivity contribution is -0.137. The molecule has 0 radical (unpaired) electrons. The SMILES string of the molecule is O=C(C1CC(=O)N(c2n[nH]c3ccccc23)C1)N1CCN(Cc2ccccc2)CC1. The number of anilines is 1. The van der Waals surface area contributed by atoms with Crippen molar-refractivity contribution in [1.29, 1.82) is 0 Å². The summed E-state index contributed by atoms with van der Waals surface area (Å²) >= 11 is 0. The smallest absolute Gasteiger partial charge is 0.229 e. The fourth-order valence-electron chi connectivity index (χ4n) is 4.46. The minimum Gasteiger partial charge on any atom is -0.340 e. The summed E-state index contributed by atoms with van der Waals surface area (Å²) in [6, 6.07) is 18.1. The second-order valence-electron chi connectivity index (χ2n) is 8.09. The molecule has 0 saturated carbocycles. The first-order valence-corrected chi connectivity index (χ1v) is 10.5. The summed E-state index contributed by atoms with van der Waals surface area (Å²) in [5.41, 5.74) is 2.19. The average molecular weight is 403 g/mol. The number of amides is 2. The van der Waals surface area contributed by atoms with Crippen molar-refractivity contribution >= 4 is 28.5 Å². The quantitative estimate of drug-likeness (QED) is 0.725. The summed E-state index contributed by atoms with van der Waals surface area (Å²) in [4.78, 5) is 31.7. The third-order valence-electron chi connectivity index (χ3n) is 6.11. The van der Waals surface area contributed by atoms with Crippen molar-refractivity contribution in [3.05, 3.63) is 60.2 Å². The molecule has 2 fully saturated rings. The summed E-state index contributed by atoms with van der Waals surface area (Å²) in [6.45, 7) is 4.44. The van der Waals surface area contributed by atoms with E-state index in [2.05, 4.69) is 39.4 Å². The minimum absolute atomic E-state index is 0.0340. The van der Waals surface area contributed by atoms with Crippen molar-refractivity contribution in [3.8, 4) is 0 Å². The molecule has 0 aliphatic carbocycles. The van der Waals surface area contributed by atoms with Crippen LogP contribution in [0, 0.1) is 5.92 Å². The zero-order valence-electron chi connectivity index (χ0n) is 16.8. The van der Waals surface area contributed by atoms with Gasteiger partial charge in [0.05, 0.1) is 11.4 Å². The lowest BCUT2D eigenvalue weighted by Gasteiger charge is -2.35. The first-order valence-electron chi connectivity index (χ1n) is 10.5. The van der Waals surface area contributed by atoms with Gasteiger partial charge in [-0.15, -0.1) is 0 Å². The Labute approximate surface area is 175 Å². The largest absolute Gasteiger partial charge is 0.340 e. The number of rotatable bonds is 4. The normalized spacial score (nSPS) is 20.3. The zero-order chi connectivity index (χ0) is 20.5. The number of hydrogen-bond acceptors (Lipinski definition) is 4. The van der Waals surface area contributed by atoms with Gasteiger partial charge in [0.15, 0.2) is 5.82 Å². The van der Waals surface area contributed by atoms with Crippen molar-refractivity contribution in [1.82, 2.24) is 20.0 Å². The molecule has 7 nitrogen and oxygen atoms in total. The highest BCUT2D eigenvalue weighted by Crippen LogP contribution is 2.30. The minimum atomic E-state index is -0.298. The second-order valence-corrected chi connectivity index (χ2v) is 8.09. The van der Waals surface area contributed by atoms with Gasteiger partial charge in [-0.3, -0.25) is 24.5 Å². The molecule has 3 aromatic rings. The Morgan fingerprint density at radius 3 is 2.53 bits per heavy atom. The number of fused-ring (bicyclic) bond motifs is 1. The Hall–Kier alpha value is -3.19. The van der Waals surface area contributed by atoms with Crippen LogP contribution >= 0.6 is 0 Å². The molecule has 2 aliphatic heterocycles. The van der Waals surface area contributed by atoms with Crippen LogP contribution in [0.5, 0.6) is 0 Å². The van der Waals surface area contributed by atoms with Gasteiger partial charge < -0.3 is 4.90 Å². The molecule has 30 heavy (non-hydrogen) atoms. The summed E-state index contributed by atoms with van der Waals surface area (Å²) in [6.07, 6.45) is 0.254. The molecule has 2 aliphatic rings. The van der Waals surface area contributed by atoms with E-state index in [1.54, 1.807) is 4.90 Å². The van der Waals surface area contributed by atoms with Gasteiger partial charge in [-0.25, -0.2) is 0 Å². The van der Waals surface area contributed by atoms with Crippen molar-refractivity contribution in [2.24, 2.45) is 5.92 Å². The van der Waals surface area contributed by atoms with Crippen LogP contribution in [-0.4, -0.2) is 64.5 Å². The Bertz CT molecular complexity index is 1060. The molecule has 2 aromatic carbocycles. The molecule has 2 saturated heterocycles. The monoisotopic (exact) mass is 403 g/mol. The third-order valence-corrected chi connectivity index (χ3v) is 6.11. The number of piperazine rings is 1. The summed E-state index contributed by atoms with van der Waals surface area (Å²) < 4.78 is 0. The standard InChI is InChI=1S/C23H25N5O2/c29-21-14-18(16-28(21)22-19-8-4-5-9-20(19)24-25-22)23(30)27-12-10-26(11-13-27)15-17-6-2-1-3-7-17/h1-9,18H,10-16H2,(H,24,25). The summed E-state index contributed by atoms with van der Waals surface area (Å²) in [5, 5.41) is 8.22. The third kappa shape index (κ3) is 3.57. The van der Waals surface area contributed by atoms with Crippen LogP contribution < -0.4 is 4.90 Å². The Morgan fingerprint density at radius 2 is 1.73 bits per heavy atom. The first-order chi connectivity index (χ1) is 14.7. The maximum atomic E-state index is 13.1. The number of nitrogens with zero attached hydrogens (tertiary/aromatic N) is 4. The number of carbonyl (C=O) groups is 2. The number of para-hydroxylation sites is 1. The Balaban J connectivity index is 1.21. The fourth-order valence-corrected chi connectivity index (χ4v) is 4.46. The molecule has 3 heterocycles. The van der Waals surface area contributed by atoms with Crippen LogP contribution in [0.2, 0.25) is 0 Å². The molecular formula is C23H25N5O2. The molecule has 1 N–H and O–H groups in total. The number of H-pyrrole nitrogens is 1. The van der Waals surface area contributed by atoms with Gasteiger partial charge in [0.25, 0.3) is 0 Å². The number of carbonyl (C=O) groups excluding carboxylic acids is 2. The van der Waals surface area contributed by atoms with Crippen molar-refractivity contribution < 1.29 is 9.59 Å². The van der Waals surface area contributed by atoms with Gasteiger partial charge >= 0.3 is 0 Å². The molecular weight excluding hydrogens is 378 g/mol. The second kappa shape index (κ2) is 7.91. The predicted octanol–water partition coefficient (Wildman–Crippen LogP) is 2.26. The van der Waals surface area contributed by atoms with E-state index in [-0.39, 0.29) is 24.2 Å². The van der Waals surface area contributed by atoms with E-state index in [0.717, 1.165) is 30.5 Å². The summed E-state index contributed by atoms with van der Waals surface area (Å²) in [7, 11) is 0. The number of aromatic amines is 1. The molecule has 7 heteroatoms. The van der Waals surface area contributed by atoms with E-state index in [1.807, 2.05) is 35.2 Å². The zero-order valence-corrected chi connectivity index (χ0v) is 16.8. The van der Waals surface area contributed by atoms with Crippen LogP contribution in [-0.2, 0) is 16.1 Å². The number of benzene rings is 2. The highest BCUT2D eigenvalue weighted by Gasteiger charge is 2.39. The van der Waals surface area contributed by atoms with E-state index in [9.17, 15) is 9.59 Å². The van der Waals surface area contributed by atoms with Crippen LogP contribution in [0.15, 0.2) is 54.6 Å². The van der Waals surface area contributed by atoms with Gasteiger partial charge in [-0.2, -0.15) is 5.10 Å². The molecule has 1 atom stereocenters.